The molecule has 0 spiro atoms. The van der Waals surface area contributed by atoms with E-state index in [1.54, 1.807) is 0 Å². The third-order valence-corrected chi connectivity index (χ3v) is 4.75. The highest BCUT2D eigenvalue weighted by Gasteiger charge is 2.45. The van der Waals surface area contributed by atoms with E-state index < -0.39 is 0 Å². The van der Waals surface area contributed by atoms with Crippen molar-refractivity contribution in [3.05, 3.63) is 0 Å². The molecule has 0 aromatic heterocycles. The Morgan fingerprint density at radius 1 is 0.667 bits per heavy atom. The van der Waals surface area contributed by atoms with Crippen molar-refractivity contribution >= 4 is 0 Å². The molecule has 2 nitrogen and oxygen atoms in total. The first-order chi connectivity index (χ1) is 8.19. The van der Waals surface area contributed by atoms with Crippen LogP contribution in [0.15, 0.2) is 0 Å². The first kappa shape index (κ1) is 14.3. The van der Waals surface area contributed by atoms with Gasteiger partial charge in [-0.3, -0.25) is 0 Å². The standard InChI is InChI=1S/C16H32N2/c1-15(2,3)13-14(16(4,5)6)18-12-10-8-7-9-11(12)17-13/h11-14,17-18H,7-10H2,1-6H3/t11-,12-,13?,14?/m1/s1. The van der Waals surface area contributed by atoms with Crippen LogP contribution in [0, 0.1) is 10.8 Å². The molecule has 2 heteroatoms. The average Bonchev–Trinajstić information content (AvgIpc) is 2.25. The zero-order valence-corrected chi connectivity index (χ0v) is 13.1. The molecule has 0 amide bonds. The van der Waals surface area contributed by atoms with Crippen LogP contribution in [-0.4, -0.2) is 24.2 Å². The summed E-state index contributed by atoms with van der Waals surface area (Å²) in [5, 5.41) is 7.98. The summed E-state index contributed by atoms with van der Waals surface area (Å²) < 4.78 is 0. The van der Waals surface area contributed by atoms with E-state index in [-0.39, 0.29) is 0 Å². The molecule has 1 saturated carbocycles. The normalized spacial score (nSPS) is 38.3. The van der Waals surface area contributed by atoms with Crippen molar-refractivity contribution in [2.45, 2.75) is 91.4 Å². The topological polar surface area (TPSA) is 24.1 Å². The molecule has 1 aliphatic heterocycles. The summed E-state index contributed by atoms with van der Waals surface area (Å²) in [6, 6.07) is 2.52. The molecule has 2 aliphatic rings. The Bertz CT molecular complexity index is 254. The molecular weight excluding hydrogens is 220 g/mol. The van der Waals surface area contributed by atoms with Gasteiger partial charge in [0.25, 0.3) is 0 Å². The number of hydrogen-bond donors (Lipinski definition) is 2. The van der Waals surface area contributed by atoms with Crippen LogP contribution in [0.1, 0.15) is 67.2 Å². The van der Waals surface area contributed by atoms with E-state index in [2.05, 4.69) is 52.2 Å². The van der Waals surface area contributed by atoms with Crippen LogP contribution >= 0.6 is 0 Å². The summed E-state index contributed by atoms with van der Waals surface area (Å²) in [5.74, 6) is 0. The van der Waals surface area contributed by atoms with Crippen LogP contribution in [-0.2, 0) is 0 Å². The number of rotatable bonds is 0. The highest BCUT2D eigenvalue weighted by atomic mass is 15.2. The smallest absolute Gasteiger partial charge is 0.0278 e. The van der Waals surface area contributed by atoms with Gasteiger partial charge in [0.05, 0.1) is 0 Å². The average molecular weight is 252 g/mol. The quantitative estimate of drug-likeness (QED) is 0.691. The van der Waals surface area contributed by atoms with Gasteiger partial charge in [-0.1, -0.05) is 54.4 Å². The van der Waals surface area contributed by atoms with Crippen molar-refractivity contribution in [2.24, 2.45) is 10.8 Å². The third kappa shape index (κ3) is 2.91. The van der Waals surface area contributed by atoms with E-state index in [0.29, 0.717) is 35.0 Å². The second kappa shape index (κ2) is 4.79. The third-order valence-electron chi connectivity index (χ3n) is 4.75. The van der Waals surface area contributed by atoms with Crippen molar-refractivity contribution in [3.63, 3.8) is 0 Å². The van der Waals surface area contributed by atoms with Crippen LogP contribution in [0.25, 0.3) is 0 Å². The lowest BCUT2D eigenvalue weighted by Gasteiger charge is -2.54. The Labute approximate surface area is 113 Å². The predicted octanol–water partition coefficient (Wildman–Crippen LogP) is 3.32. The van der Waals surface area contributed by atoms with E-state index in [9.17, 15) is 0 Å². The number of piperazine rings is 1. The van der Waals surface area contributed by atoms with E-state index in [1.807, 2.05) is 0 Å². The van der Waals surface area contributed by atoms with Crippen LogP contribution < -0.4 is 10.6 Å². The molecule has 1 aliphatic carbocycles. The van der Waals surface area contributed by atoms with E-state index in [4.69, 9.17) is 0 Å². The predicted molar refractivity (Wildman–Crippen MR) is 78.8 cm³/mol. The lowest BCUT2D eigenvalue weighted by Crippen LogP contribution is -2.72. The summed E-state index contributed by atoms with van der Waals surface area (Å²) in [6.07, 6.45) is 5.49. The summed E-state index contributed by atoms with van der Waals surface area (Å²) in [4.78, 5) is 0. The van der Waals surface area contributed by atoms with Gasteiger partial charge in [-0.25, -0.2) is 0 Å². The lowest BCUT2D eigenvalue weighted by molar-refractivity contribution is 0.0523. The second-order valence-electron chi connectivity index (χ2n) is 8.52. The fraction of sp³-hybridized carbons (Fsp3) is 1.00. The molecule has 4 atom stereocenters. The van der Waals surface area contributed by atoms with Gasteiger partial charge < -0.3 is 10.6 Å². The number of hydrogen-bond acceptors (Lipinski definition) is 2. The molecule has 2 fully saturated rings. The zero-order chi connectivity index (χ0) is 13.6. The molecule has 18 heavy (non-hydrogen) atoms. The summed E-state index contributed by atoms with van der Waals surface area (Å²) in [7, 11) is 0. The molecule has 2 N–H and O–H groups in total. The molecule has 2 rings (SSSR count). The highest BCUT2D eigenvalue weighted by molar-refractivity contribution is 5.06. The summed E-state index contributed by atoms with van der Waals surface area (Å²) >= 11 is 0. The van der Waals surface area contributed by atoms with Crippen LogP contribution in [0.4, 0.5) is 0 Å². The van der Waals surface area contributed by atoms with Crippen molar-refractivity contribution < 1.29 is 0 Å². The maximum atomic E-state index is 3.99. The van der Waals surface area contributed by atoms with Crippen LogP contribution in [0.3, 0.4) is 0 Å². The van der Waals surface area contributed by atoms with Gasteiger partial charge in [0, 0.05) is 24.2 Å². The van der Waals surface area contributed by atoms with E-state index in [1.165, 1.54) is 25.7 Å². The van der Waals surface area contributed by atoms with Crippen LogP contribution in [0.2, 0.25) is 0 Å². The highest BCUT2D eigenvalue weighted by Crippen LogP contribution is 2.36. The monoisotopic (exact) mass is 252 g/mol. The molecule has 2 unspecified atom stereocenters. The lowest BCUT2D eigenvalue weighted by atomic mass is 9.69. The van der Waals surface area contributed by atoms with Crippen molar-refractivity contribution in [2.75, 3.05) is 0 Å². The molecule has 1 saturated heterocycles. The minimum atomic E-state index is 0.313. The minimum Gasteiger partial charge on any atom is -0.308 e. The van der Waals surface area contributed by atoms with E-state index >= 15 is 0 Å². The van der Waals surface area contributed by atoms with Crippen molar-refractivity contribution in [1.82, 2.24) is 10.6 Å². The fourth-order valence-corrected chi connectivity index (χ4v) is 3.68. The van der Waals surface area contributed by atoms with Gasteiger partial charge in [0.1, 0.15) is 0 Å². The van der Waals surface area contributed by atoms with E-state index in [0.717, 1.165) is 0 Å². The largest absolute Gasteiger partial charge is 0.308 e. The zero-order valence-electron chi connectivity index (χ0n) is 13.1. The number of fused-ring (bicyclic) bond motifs is 1. The number of nitrogens with one attached hydrogen (secondary N) is 2. The second-order valence-corrected chi connectivity index (χ2v) is 8.52. The summed E-state index contributed by atoms with van der Waals surface area (Å²) in [6.45, 7) is 14.2. The Balaban J connectivity index is 2.20. The van der Waals surface area contributed by atoms with Crippen molar-refractivity contribution in [1.29, 1.82) is 0 Å². The Morgan fingerprint density at radius 2 is 1.00 bits per heavy atom. The first-order valence-electron chi connectivity index (χ1n) is 7.72. The SMILES string of the molecule is CC(C)(C)C1N[C@@H]2CCCC[C@H]2NC1C(C)(C)C. The van der Waals surface area contributed by atoms with Gasteiger partial charge >= 0.3 is 0 Å². The molecular formula is C16H32N2. The maximum Gasteiger partial charge on any atom is 0.0278 e. The Kier molecular flexibility index (Phi) is 3.81. The Morgan fingerprint density at radius 3 is 1.28 bits per heavy atom. The fourth-order valence-electron chi connectivity index (χ4n) is 3.68. The Hall–Kier alpha value is -0.0800. The van der Waals surface area contributed by atoms with Crippen molar-refractivity contribution in [3.8, 4) is 0 Å². The molecule has 1 heterocycles. The maximum absolute atomic E-state index is 3.99. The molecule has 0 aromatic carbocycles. The van der Waals surface area contributed by atoms with Gasteiger partial charge in [-0.05, 0) is 23.7 Å². The van der Waals surface area contributed by atoms with Crippen LogP contribution in [0.5, 0.6) is 0 Å². The van der Waals surface area contributed by atoms with Gasteiger partial charge in [-0.2, -0.15) is 0 Å². The minimum absolute atomic E-state index is 0.313. The van der Waals surface area contributed by atoms with Gasteiger partial charge in [0.2, 0.25) is 0 Å². The first-order valence-corrected chi connectivity index (χ1v) is 7.72. The summed E-state index contributed by atoms with van der Waals surface area (Å²) in [5.41, 5.74) is 0.626. The molecule has 0 aromatic rings. The molecule has 0 bridgehead atoms. The van der Waals surface area contributed by atoms with Gasteiger partial charge in [-0.15, -0.1) is 0 Å². The van der Waals surface area contributed by atoms with Gasteiger partial charge in [0.15, 0.2) is 0 Å². The molecule has 0 radical (unpaired) electrons. The molecule has 106 valence electrons.